The molecule has 0 amide bonds. The number of benzene rings is 3. The van der Waals surface area contributed by atoms with Gasteiger partial charge in [-0.05, 0) is 83.6 Å². The van der Waals surface area contributed by atoms with E-state index >= 15 is 0 Å². The molecular weight excluding hydrogens is 522 g/mol. The van der Waals surface area contributed by atoms with Crippen LogP contribution in [0.1, 0.15) is 47.7 Å². The van der Waals surface area contributed by atoms with E-state index in [1.165, 1.54) is 18.2 Å². The molecule has 3 aromatic carbocycles. The summed E-state index contributed by atoms with van der Waals surface area (Å²) in [5.74, 6) is 0.954. The predicted octanol–water partition coefficient (Wildman–Crippen LogP) is 6.50. The van der Waals surface area contributed by atoms with Gasteiger partial charge in [-0.1, -0.05) is 67.9 Å². The fourth-order valence-corrected chi connectivity index (χ4v) is 4.71. The first-order valence-electron chi connectivity index (χ1n) is 12.0. The van der Waals surface area contributed by atoms with Gasteiger partial charge in [-0.25, -0.2) is 0 Å². The van der Waals surface area contributed by atoms with E-state index in [2.05, 4.69) is 0 Å². The van der Waals surface area contributed by atoms with Crippen molar-refractivity contribution in [3.05, 3.63) is 128 Å². The van der Waals surface area contributed by atoms with E-state index in [0.717, 1.165) is 21.4 Å². The lowest BCUT2D eigenvalue weighted by molar-refractivity contribution is 0.264. The summed E-state index contributed by atoms with van der Waals surface area (Å²) in [5.41, 5.74) is 3.22. The lowest BCUT2D eigenvalue weighted by Gasteiger charge is -2.13. The van der Waals surface area contributed by atoms with Crippen LogP contribution in [0.5, 0.6) is 5.75 Å². The lowest BCUT2D eigenvalue weighted by atomic mass is 10.0. The van der Waals surface area contributed by atoms with Gasteiger partial charge >= 0.3 is 10.1 Å². The molecule has 0 fully saturated rings. The second-order valence-electron chi connectivity index (χ2n) is 9.16. The first-order valence-corrected chi connectivity index (χ1v) is 13.8. The molecule has 0 unspecified atom stereocenters. The largest absolute Gasteiger partial charge is 0.489 e. The van der Waals surface area contributed by atoms with Gasteiger partial charge in [0.05, 0.1) is 5.69 Å². The highest BCUT2D eigenvalue weighted by molar-refractivity contribution is 7.87. The predicted molar refractivity (Wildman–Crippen MR) is 151 cm³/mol. The van der Waals surface area contributed by atoms with Crippen molar-refractivity contribution in [3.8, 4) is 5.75 Å². The van der Waals surface area contributed by atoms with Crippen molar-refractivity contribution >= 4 is 33.9 Å². The van der Waals surface area contributed by atoms with Crippen LogP contribution in [0.25, 0.3) is 12.2 Å². The van der Waals surface area contributed by atoms with Crippen LogP contribution in [0.4, 0.5) is 0 Å². The van der Waals surface area contributed by atoms with Gasteiger partial charge in [0.2, 0.25) is 0 Å². The molecule has 0 radical (unpaired) electrons. The van der Waals surface area contributed by atoms with E-state index in [-0.39, 0.29) is 10.8 Å². The monoisotopic (exact) mass is 549 g/mol. The number of hydrogen-bond donors (Lipinski definition) is 0. The number of rotatable bonds is 9. The zero-order valence-corrected chi connectivity index (χ0v) is 22.9. The quantitative estimate of drug-likeness (QED) is 0.238. The van der Waals surface area contributed by atoms with Crippen LogP contribution in [0.3, 0.4) is 0 Å². The summed E-state index contributed by atoms with van der Waals surface area (Å²) in [7, 11) is -4.23. The zero-order valence-electron chi connectivity index (χ0n) is 21.3. The summed E-state index contributed by atoms with van der Waals surface area (Å²) in [6, 6.07) is 24.3. The Labute approximate surface area is 227 Å². The number of aryl methyl sites for hydroxylation is 1. The number of aromatic nitrogens is 1. The molecule has 4 aromatic rings. The Balaban J connectivity index is 1.51. The molecule has 0 aliphatic heterocycles. The van der Waals surface area contributed by atoms with Crippen molar-refractivity contribution in [2.45, 2.75) is 38.2 Å². The molecule has 1 aromatic heterocycles. The lowest BCUT2D eigenvalue weighted by Crippen LogP contribution is -2.32. The molecule has 4 rings (SSSR count). The molecule has 1 heterocycles. The van der Waals surface area contributed by atoms with Gasteiger partial charge in [-0.15, -0.1) is 4.73 Å². The van der Waals surface area contributed by atoms with E-state index in [1.807, 2.05) is 62.4 Å². The Morgan fingerprint density at radius 3 is 2.18 bits per heavy atom. The average molecular weight is 550 g/mol. The van der Waals surface area contributed by atoms with Crippen LogP contribution in [-0.2, 0) is 16.7 Å². The highest BCUT2D eigenvalue weighted by atomic mass is 35.5. The second kappa shape index (κ2) is 11.7. The summed E-state index contributed by atoms with van der Waals surface area (Å²) in [6.45, 7) is 6.21. The number of ether oxygens (including phenoxy) is 1. The molecule has 0 saturated carbocycles. The highest BCUT2D eigenvalue weighted by Gasteiger charge is 2.19. The summed E-state index contributed by atoms with van der Waals surface area (Å²) < 4.78 is 37.8. The number of hydrogen-bond acceptors (Lipinski definition) is 5. The van der Waals surface area contributed by atoms with Crippen molar-refractivity contribution in [2.75, 3.05) is 0 Å². The topological polar surface area (TPSA) is 74.6 Å². The summed E-state index contributed by atoms with van der Waals surface area (Å²) in [6.07, 6.45) is 3.40. The normalized spacial score (nSPS) is 11.7. The summed E-state index contributed by atoms with van der Waals surface area (Å²) in [4.78, 5) is 12.7. The van der Waals surface area contributed by atoms with E-state index < -0.39 is 15.7 Å². The molecule has 0 aliphatic rings. The molecule has 38 heavy (non-hydrogen) atoms. The van der Waals surface area contributed by atoms with Crippen LogP contribution in [0.15, 0.2) is 94.6 Å². The van der Waals surface area contributed by atoms with Gasteiger partial charge in [0.15, 0.2) is 0 Å². The SMILES string of the molecule is Cc1cc(C=Cc2ccc(OCc3ccc(Cl)cc3)cc2)n(OS(=O)(=O)c2ccc(C(C)C)cc2)c(=O)c1. The second-order valence-corrected chi connectivity index (χ2v) is 11.1. The maximum absolute atomic E-state index is 12.9. The van der Waals surface area contributed by atoms with E-state index in [0.29, 0.717) is 28.6 Å². The van der Waals surface area contributed by atoms with Crippen LogP contribution in [0.2, 0.25) is 5.02 Å². The van der Waals surface area contributed by atoms with Crippen molar-refractivity contribution in [3.63, 3.8) is 0 Å². The molecule has 8 heteroatoms. The maximum Gasteiger partial charge on any atom is 0.357 e. The number of nitrogens with zero attached hydrogens (tertiary/aromatic N) is 1. The van der Waals surface area contributed by atoms with Gasteiger partial charge in [-0.2, -0.15) is 8.42 Å². The van der Waals surface area contributed by atoms with E-state index in [1.54, 1.807) is 37.3 Å². The summed E-state index contributed by atoms with van der Waals surface area (Å²) >= 11 is 5.92. The number of pyridine rings is 1. The number of halogens is 1. The van der Waals surface area contributed by atoms with Crippen molar-refractivity contribution in [1.29, 1.82) is 0 Å². The molecule has 196 valence electrons. The fraction of sp³-hybridized carbons (Fsp3) is 0.167. The van der Waals surface area contributed by atoms with Crippen LogP contribution in [-0.4, -0.2) is 13.1 Å². The minimum atomic E-state index is -4.23. The maximum atomic E-state index is 12.9. The standard InChI is InChI=1S/C30H28ClNO5S/c1-21(2)25-9-16-29(17-10-25)38(34,35)37-32-27(18-22(3)19-30(32)33)13-6-23-7-14-28(15-8-23)36-20-24-4-11-26(31)12-5-24/h4-19,21H,20H2,1-3H3. The van der Waals surface area contributed by atoms with Gasteiger partial charge < -0.3 is 4.74 Å². The van der Waals surface area contributed by atoms with Crippen LogP contribution in [0, 0.1) is 6.92 Å². The Morgan fingerprint density at radius 1 is 0.895 bits per heavy atom. The Hall–Kier alpha value is -3.81. The third-order valence-corrected chi connectivity index (χ3v) is 7.26. The minimum Gasteiger partial charge on any atom is -0.489 e. The van der Waals surface area contributed by atoms with E-state index in [4.69, 9.17) is 20.6 Å². The third kappa shape index (κ3) is 6.94. The molecule has 0 aliphatic carbocycles. The van der Waals surface area contributed by atoms with Gasteiger partial charge in [0, 0.05) is 11.1 Å². The van der Waals surface area contributed by atoms with Crippen LogP contribution >= 0.6 is 11.6 Å². The molecule has 0 bridgehead atoms. The Bertz CT molecular complexity index is 1590. The Kier molecular flexibility index (Phi) is 8.39. The summed E-state index contributed by atoms with van der Waals surface area (Å²) in [5, 5.41) is 0.673. The minimum absolute atomic E-state index is 0.0292. The smallest absolute Gasteiger partial charge is 0.357 e. The zero-order chi connectivity index (χ0) is 27.3. The van der Waals surface area contributed by atoms with Gasteiger partial charge in [0.25, 0.3) is 5.56 Å². The molecule has 0 saturated heterocycles. The Morgan fingerprint density at radius 2 is 1.55 bits per heavy atom. The van der Waals surface area contributed by atoms with Crippen molar-refractivity contribution in [1.82, 2.24) is 4.73 Å². The third-order valence-electron chi connectivity index (χ3n) is 5.81. The van der Waals surface area contributed by atoms with Crippen molar-refractivity contribution < 1.29 is 17.4 Å². The first-order chi connectivity index (χ1) is 18.1. The van der Waals surface area contributed by atoms with Gasteiger partial charge in [-0.3, -0.25) is 9.08 Å². The molecule has 0 atom stereocenters. The van der Waals surface area contributed by atoms with Crippen LogP contribution < -0.4 is 14.6 Å². The molecule has 0 spiro atoms. The highest BCUT2D eigenvalue weighted by Crippen LogP contribution is 2.19. The van der Waals surface area contributed by atoms with Crippen molar-refractivity contribution in [2.24, 2.45) is 0 Å². The van der Waals surface area contributed by atoms with Gasteiger partial charge in [0.1, 0.15) is 17.3 Å². The molecular formula is C30H28ClNO5S. The molecule has 0 N–H and O–H groups in total. The average Bonchev–Trinajstić information content (AvgIpc) is 2.89. The molecule has 6 nitrogen and oxygen atoms in total. The first kappa shape index (κ1) is 27.2. The van der Waals surface area contributed by atoms with E-state index in [9.17, 15) is 13.2 Å². The fourth-order valence-electron chi connectivity index (χ4n) is 3.67.